The fourth-order valence-corrected chi connectivity index (χ4v) is 2.71. The van der Waals surface area contributed by atoms with Gasteiger partial charge in [0, 0.05) is 5.02 Å². The van der Waals surface area contributed by atoms with Crippen molar-refractivity contribution in [1.82, 2.24) is 5.43 Å². The molecule has 0 spiro atoms. The Morgan fingerprint density at radius 3 is 2.05 bits per heavy atom. The first kappa shape index (κ1) is 14.1. The topological polar surface area (TPSA) is 38.0 Å². The van der Waals surface area contributed by atoms with E-state index in [4.69, 9.17) is 17.4 Å². The zero-order valence-corrected chi connectivity index (χ0v) is 12.3. The third-order valence-electron chi connectivity index (χ3n) is 3.37. The Bertz CT molecular complexity index is 542. The largest absolute Gasteiger partial charge is 0.271 e. The van der Waals surface area contributed by atoms with Crippen LogP contribution in [0.1, 0.15) is 33.9 Å². The van der Waals surface area contributed by atoms with Gasteiger partial charge in [0.15, 0.2) is 0 Å². The number of hydrogen-bond acceptors (Lipinski definition) is 2. The van der Waals surface area contributed by atoms with Gasteiger partial charge in [0.1, 0.15) is 0 Å². The molecule has 19 heavy (non-hydrogen) atoms. The minimum atomic E-state index is -0.0892. The number of aryl methyl sites for hydroxylation is 3. The molecule has 3 heteroatoms. The third kappa shape index (κ3) is 2.98. The molecule has 0 aliphatic rings. The maximum absolute atomic E-state index is 6.34. The summed E-state index contributed by atoms with van der Waals surface area (Å²) in [5.41, 5.74) is 8.62. The summed E-state index contributed by atoms with van der Waals surface area (Å²) >= 11 is 6.34. The molecule has 2 rings (SSSR count). The molecule has 0 fully saturated rings. The molecule has 0 amide bonds. The SMILES string of the molecule is Cc1ccc(C(NN)c2ccc(C)cc2Cl)c(C)c1. The van der Waals surface area contributed by atoms with Crippen LogP contribution in [0.25, 0.3) is 0 Å². The highest BCUT2D eigenvalue weighted by atomic mass is 35.5. The van der Waals surface area contributed by atoms with E-state index in [1.54, 1.807) is 0 Å². The number of nitrogens with one attached hydrogen (secondary N) is 1. The van der Waals surface area contributed by atoms with Gasteiger partial charge in [-0.05, 0) is 49.1 Å². The van der Waals surface area contributed by atoms with Crippen LogP contribution in [0.2, 0.25) is 5.02 Å². The molecule has 0 saturated heterocycles. The summed E-state index contributed by atoms with van der Waals surface area (Å²) in [6.45, 7) is 6.20. The van der Waals surface area contributed by atoms with Gasteiger partial charge in [0.05, 0.1) is 6.04 Å². The minimum Gasteiger partial charge on any atom is -0.271 e. The molecule has 0 aliphatic heterocycles. The second-order valence-electron chi connectivity index (χ2n) is 4.98. The van der Waals surface area contributed by atoms with Crippen molar-refractivity contribution in [3.8, 4) is 0 Å². The van der Waals surface area contributed by atoms with Gasteiger partial charge < -0.3 is 0 Å². The molecule has 2 aromatic carbocycles. The number of rotatable bonds is 3. The van der Waals surface area contributed by atoms with E-state index in [0.717, 1.165) is 21.7 Å². The Morgan fingerprint density at radius 2 is 1.53 bits per heavy atom. The van der Waals surface area contributed by atoms with E-state index in [9.17, 15) is 0 Å². The average Bonchev–Trinajstić information content (AvgIpc) is 2.34. The van der Waals surface area contributed by atoms with Crippen LogP contribution in [-0.2, 0) is 0 Å². The van der Waals surface area contributed by atoms with E-state index in [2.05, 4.69) is 43.5 Å². The second kappa shape index (κ2) is 5.74. The van der Waals surface area contributed by atoms with Crippen LogP contribution in [0.3, 0.4) is 0 Å². The summed E-state index contributed by atoms with van der Waals surface area (Å²) in [5.74, 6) is 5.74. The van der Waals surface area contributed by atoms with E-state index in [1.807, 2.05) is 19.1 Å². The smallest absolute Gasteiger partial charge is 0.0727 e. The molecule has 0 aromatic heterocycles. The summed E-state index contributed by atoms with van der Waals surface area (Å²) in [4.78, 5) is 0. The van der Waals surface area contributed by atoms with Crippen LogP contribution >= 0.6 is 11.6 Å². The van der Waals surface area contributed by atoms with Crippen molar-refractivity contribution in [3.63, 3.8) is 0 Å². The zero-order chi connectivity index (χ0) is 14.0. The highest BCUT2D eigenvalue weighted by molar-refractivity contribution is 6.31. The molecule has 0 heterocycles. The lowest BCUT2D eigenvalue weighted by Crippen LogP contribution is -2.29. The molecule has 1 atom stereocenters. The number of hydrogen-bond donors (Lipinski definition) is 2. The molecule has 2 nitrogen and oxygen atoms in total. The van der Waals surface area contributed by atoms with Crippen molar-refractivity contribution in [3.05, 3.63) is 69.2 Å². The van der Waals surface area contributed by atoms with Gasteiger partial charge in [-0.15, -0.1) is 0 Å². The van der Waals surface area contributed by atoms with Crippen molar-refractivity contribution >= 4 is 11.6 Å². The number of halogens is 1. The summed E-state index contributed by atoms with van der Waals surface area (Å²) < 4.78 is 0. The number of benzene rings is 2. The lowest BCUT2D eigenvalue weighted by atomic mass is 9.94. The molecule has 0 aliphatic carbocycles. The van der Waals surface area contributed by atoms with Crippen LogP contribution in [0.5, 0.6) is 0 Å². The Labute approximate surface area is 119 Å². The maximum Gasteiger partial charge on any atom is 0.0727 e. The number of hydrazine groups is 1. The summed E-state index contributed by atoms with van der Waals surface area (Å²) in [5, 5.41) is 0.739. The van der Waals surface area contributed by atoms with E-state index < -0.39 is 0 Å². The monoisotopic (exact) mass is 274 g/mol. The van der Waals surface area contributed by atoms with Gasteiger partial charge in [0.25, 0.3) is 0 Å². The molecular weight excluding hydrogens is 256 g/mol. The van der Waals surface area contributed by atoms with E-state index >= 15 is 0 Å². The van der Waals surface area contributed by atoms with Gasteiger partial charge in [-0.1, -0.05) is 47.5 Å². The second-order valence-corrected chi connectivity index (χ2v) is 5.39. The van der Waals surface area contributed by atoms with Gasteiger partial charge >= 0.3 is 0 Å². The zero-order valence-electron chi connectivity index (χ0n) is 11.5. The van der Waals surface area contributed by atoms with Crippen molar-refractivity contribution < 1.29 is 0 Å². The van der Waals surface area contributed by atoms with E-state index in [0.29, 0.717) is 0 Å². The molecule has 2 aromatic rings. The summed E-state index contributed by atoms with van der Waals surface area (Å²) in [6.07, 6.45) is 0. The number of nitrogens with two attached hydrogens (primary N) is 1. The van der Waals surface area contributed by atoms with Gasteiger partial charge in [-0.2, -0.15) is 0 Å². The molecule has 0 radical (unpaired) electrons. The molecule has 0 bridgehead atoms. The summed E-state index contributed by atoms with van der Waals surface area (Å²) in [7, 11) is 0. The quantitative estimate of drug-likeness (QED) is 0.660. The first-order valence-electron chi connectivity index (χ1n) is 6.32. The normalized spacial score (nSPS) is 12.5. The standard InChI is InChI=1S/C16H19ClN2/c1-10-4-6-13(12(3)8-10)16(19-18)14-7-5-11(2)9-15(14)17/h4-9,16,19H,18H2,1-3H3. The van der Waals surface area contributed by atoms with E-state index in [-0.39, 0.29) is 6.04 Å². The minimum absolute atomic E-state index is 0.0892. The maximum atomic E-state index is 6.34. The lowest BCUT2D eigenvalue weighted by molar-refractivity contribution is 0.633. The van der Waals surface area contributed by atoms with Gasteiger partial charge in [0.2, 0.25) is 0 Å². The average molecular weight is 275 g/mol. The first-order chi connectivity index (χ1) is 9.02. The van der Waals surface area contributed by atoms with Crippen LogP contribution in [0.15, 0.2) is 36.4 Å². The Hall–Kier alpha value is -1.35. The highest BCUT2D eigenvalue weighted by Crippen LogP contribution is 2.30. The van der Waals surface area contributed by atoms with Crippen molar-refractivity contribution in [1.29, 1.82) is 0 Å². The molecule has 3 N–H and O–H groups in total. The third-order valence-corrected chi connectivity index (χ3v) is 3.70. The first-order valence-corrected chi connectivity index (χ1v) is 6.70. The Kier molecular flexibility index (Phi) is 4.25. The molecule has 100 valence electrons. The van der Waals surface area contributed by atoms with Crippen molar-refractivity contribution in [2.45, 2.75) is 26.8 Å². The Balaban J connectivity index is 2.50. The highest BCUT2D eigenvalue weighted by Gasteiger charge is 2.17. The fourth-order valence-electron chi connectivity index (χ4n) is 2.36. The van der Waals surface area contributed by atoms with Crippen molar-refractivity contribution in [2.24, 2.45) is 5.84 Å². The van der Waals surface area contributed by atoms with Crippen LogP contribution in [-0.4, -0.2) is 0 Å². The molecule has 1 unspecified atom stereocenters. The van der Waals surface area contributed by atoms with E-state index in [1.165, 1.54) is 11.1 Å². The predicted molar refractivity (Wildman–Crippen MR) is 81.3 cm³/mol. The van der Waals surface area contributed by atoms with Gasteiger partial charge in [-0.3, -0.25) is 5.84 Å². The van der Waals surface area contributed by atoms with Crippen LogP contribution < -0.4 is 11.3 Å². The van der Waals surface area contributed by atoms with Gasteiger partial charge in [-0.25, -0.2) is 5.43 Å². The van der Waals surface area contributed by atoms with Crippen molar-refractivity contribution in [2.75, 3.05) is 0 Å². The Morgan fingerprint density at radius 1 is 0.947 bits per heavy atom. The predicted octanol–water partition coefficient (Wildman–Crippen LogP) is 3.82. The lowest BCUT2D eigenvalue weighted by Gasteiger charge is -2.21. The van der Waals surface area contributed by atoms with Crippen LogP contribution in [0.4, 0.5) is 0 Å². The van der Waals surface area contributed by atoms with Crippen LogP contribution in [0, 0.1) is 20.8 Å². The fraction of sp³-hybridized carbons (Fsp3) is 0.250. The molecule has 0 saturated carbocycles. The molecular formula is C16H19ClN2. The summed E-state index contributed by atoms with van der Waals surface area (Å²) in [6, 6.07) is 12.3.